The summed E-state index contributed by atoms with van der Waals surface area (Å²) in [5.41, 5.74) is -3.35. The fourth-order valence-electron chi connectivity index (χ4n) is 7.16. The topological polar surface area (TPSA) is 296 Å². The molecule has 2 aliphatic heterocycles. The molecule has 2 fully saturated rings. The van der Waals surface area contributed by atoms with Gasteiger partial charge >= 0.3 is 47.8 Å². The van der Waals surface area contributed by atoms with Crippen LogP contribution in [0.1, 0.15) is 71.3 Å². The predicted octanol–water partition coefficient (Wildman–Crippen LogP) is 2.21. The summed E-state index contributed by atoms with van der Waals surface area (Å²) in [5, 5.41) is 24.5. The number of ether oxygens (including phenoxy) is 11. The summed E-state index contributed by atoms with van der Waals surface area (Å²) in [6, 6.07) is 0. The summed E-state index contributed by atoms with van der Waals surface area (Å²) < 4.78 is 61.7. The second-order valence-corrected chi connectivity index (χ2v) is 16.9. The highest BCUT2D eigenvalue weighted by molar-refractivity contribution is 8.03. The molecule has 3 aliphatic rings. The van der Waals surface area contributed by atoms with Crippen LogP contribution in [0.15, 0.2) is 21.6 Å². The van der Waals surface area contributed by atoms with Gasteiger partial charge in [0.05, 0.1) is 34.3 Å². The summed E-state index contributed by atoms with van der Waals surface area (Å²) in [6.45, 7) is 6.36. The van der Waals surface area contributed by atoms with Crippen molar-refractivity contribution in [1.82, 2.24) is 0 Å². The molecule has 65 heavy (non-hydrogen) atoms. The van der Waals surface area contributed by atoms with E-state index in [1.165, 1.54) is 13.2 Å². The van der Waals surface area contributed by atoms with Gasteiger partial charge in [0, 0.05) is 61.0 Å². The Morgan fingerprint density at radius 2 is 0.908 bits per heavy atom. The van der Waals surface area contributed by atoms with E-state index in [-0.39, 0.29) is 27.5 Å². The number of phenolic OH excluding ortho intramolecular Hbond substituents is 2. The molecule has 0 bridgehead atoms. The van der Waals surface area contributed by atoms with E-state index >= 15 is 0 Å². The van der Waals surface area contributed by atoms with Crippen LogP contribution >= 0.6 is 23.5 Å². The minimum Gasteiger partial charge on any atom is -0.506 e. The largest absolute Gasteiger partial charge is 0.506 e. The number of ketones is 1. The van der Waals surface area contributed by atoms with Crippen molar-refractivity contribution >= 4 is 77.1 Å². The molecule has 0 amide bonds. The van der Waals surface area contributed by atoms with Gasteiger partial charge in [-0.2, -0.15) is 0 Å². The number of thioether (sulfide) groups is 2. The van der Waals surface area contributed by atoms with Gasteiger partial charge < -0.3 is 62.3 Å². The summed E-state index contributed by atoms with van der Waals surface area (Å²) in [5.74, 6) is -11.5. The zero-order valence-electron chi connectivity index (χ0n) is 36.8. The lowest BCUT2D eigenvalue weighted by Crippen LogP contribution is -2.59. The monoisotopic (exact) mass is 958 g/mol. The van der Waals surface area contributed by atoms with Crippen LogP contribution in [-0.4, -0.2) is 145 Å². The zero-order chi connectivity index (χ0) is 48.4. The average Bonchev–Trinajstić information content (AvgIpc) is 3.19. The predicted molar refractivity (Wildman–Crippen MR) is 218 cm³/mol. The maximum atomic E-state index is 13.8. The van der Waals surface area contributed by atoms with Gasteiger partial charge in [0.15, 0.2) is 30.2 Å². The number of phenols is 2. The fourth-order valence-corrected chi connectivity index (χ4v) is 9.98. The Kier molecular flexibility index (Phi) is 18.4. The van der Waals surface area contributed by atoms with Crippen molar-refractivity contribution in [2.75, 3.05) is 33.5 Å². The number of carbonyl (C=O) groups is 9. The molecule has 10 atom stereocenters. The molecular weight excluding hydrogens is 909 g/mol. The van der Waals surface area contributed by atoms with E-state index in [0.29, 0.717) is 23.5 Å². The maximum absolute atomic E-state index is 13.8. The van der Waals surface area contributed by atoms with Crippen molar-refractivity contribution in [2.24, 2.45) is 11.8 Å². The number of benzene rings is 1. The Morgan fingerprint density at radius 1 is 0.554 bits per heavy atom. The molecule has 0 aromatic heterocycles. The number of allylic oxidation sites excluding steroid dienone is 2. The normalized spacial score (nSPS) is 25.9. The van der Waals surface area contributed by atoms with Crippen molar-refractivity contribution in [3.05, 3.63) is 23.0 Å². The van der Waals surface area contributed by atoms with E-state index < -0.39 is 156 Å². The molecule has 0 radical (unpaired) electrons. The number of methoxy groups -OCH3 is 1. The third kappa shape index (κ3) is 13.5. The van der Waals surface area contributed by atoms with E-state index in [9.17, 15) is 53.4 Å². The molecule has 1 unspecified atom stereocenters. The van der Waals surface area contributed by atoms with Crippen molar-refractivity contribution < 1.29 is 105 Å². The van der Waals surface area contributed by atoms with Crippen molar-refractivity contribution in [2.45, 2.75) is 119 Å². The molecule has 1 aliphatic carbocycles. The van der Waals surface area contributed by atoms with Gasteiger partial charge in [-0.25, -0.2) is 0 Å². The summed E-state index contributed by atoms with van der Waals surface area (Å²) in [7, 11) is 1.22. The molecular formula is C41H50O22S2. The first kappa shape index (κ1) is 52.0. The maximum Gasteiger partial charge on any atom is 0.303 e. The molecule has 0 spiro atoms. The lowest BCUT2D eigenvalue weighted by molar-refractivity contribution is -0.224. The Labute approximate surface area is 380 Å². The first-order chi connectivity index (χ1) is 30.5. The summed E-state index contributed by atoms with van der Waals surface area (Å²) in [6.07, 6.45) is -7.47. The van der Waals surface area contributed by atoms with Crippen LogP contribution in [-0.2, 0) is 96.9 Å². The van der Waals surface area contributed by atoms with E-state index in [2.05, 4.69) is 0 Å². The van der Waals surface area contributed by atoms with Crippen LogP contribution in [0.2, 0.25) is 0 Å². The van der Waals surface area contributed by atoms with Gasteiger partial charge in [-0.05, 0) is 12.5 Å². The molecule has 358 valence electrons. The number of fused-ring (bicyclic) bond motifs is 1. The van der Waals surface area contributed by atoms with Gasteiger partial charge in [-0.1, -0.05) is 23.5 Å². The van der Waals surface area contributed by atoms with E-state index in [4.69, 9.17) is 52.1 Å². The number of Topliss-reactive ketones (excluding diaryl/α,β-unsaturated/α-hetero) is 1. The molecule has 1 aromatic rings. The lowest BCUT2D eigenvalue weighted by Gasteiger charge is -2.45. The third-order valence-corrected chi connectivity index (χ3v) is 12.5. The smallest absolute Gasteiger partial charge is 0.303 e. The average molecular weight is 959 g/mol. The SMILES string of the molecule is COC1=CCc2c(O)c(S[C@H]3O[C@@H](COC(C)=O)[C@H](OC(C)=O)[C@@H](OC(C)=O)[C@@H]3COC(C)=O)c(SC3O[C@H](COC(C)=O)[C@@H](OC(C)=O)[C@H](OC(C)=O)[C@H]3COC(C)=O)c(O)c2C1=O. The first-order valence-electron chi connectivity index (χ1n) is 19.8. The fraction of sp³-hybridized carbons (Fsp3) is 0.585. The Morgan fingerprint density at radius 3 is 1.26 bits per heavy atom. The number of carbonyl (C=O) groups excluding carboxylic acids is 9. The Balaban J connectivity index is 2.01. The Hall–Kier alpha value is -5.59. The zero-order valence-corrected chi connectivity index (χ0v) is 38.4. The van der Waals surface area contributed by atoms with E-state index in [0.717, 1.165) is 55.4 Å². The van der Waals surface area contributed by atoms with E-state index in [1.807, 2.05) is 0 Å². The number of aromatic hydroxyl groups is 2. The molecule has 0 saturated carbocycles. The highest BCUT2D eigenvalue weighted by atomic mass is 32.2. The quantitative estimate of drug-likeness (QED) is 0.128. The number of rotatable bonds is 17. The van der Waals surface area contributed by atoms with Gasteiger partial charge in [-0.3, -0.25) is 43.2 Å². The first-order valence-corrected chi connectivity index (χ1v) is 21.6. The van der Waals surface area contributed by atoms with Crippen LogP contribution in [0, 0.1) is 11.8 Å². The summed E-state index contributed by atoms with van der Waals surface area (Å²) in [4.78, 5) is 112. The molecule has 24 heteroatoms. The van der Waals surface area contributed by atoms with Crippen LogP contribution in [0.5, 0.6) is 11.5 Å². The Bertz CT molecular complexity index is 2070. The summed E-state index contributed by atoms with van der Waals surface area (Å²) >= 11 is 1.28. The van der Waals surface area contributed by atoms with Crippen molar-refractivity contribution in [3.8, 4) is 11.5 Å². The molecule has 22 nitrogen and oxygen atoms in total. The third-order valence-electron chi connectivity index (χ3n) is 9.70. The highest BCUT2D eigenvalue weighted by Gasteiger charge is 2.54. The number of hydrogen-bond donors (Lipinski definition) is 2. The van der Waals surface area contributed by atoms with Crippen LogP contribution in [0.4, 0.5) is 0 Å². The minimum absolute atomic E-state index is 0.0836. The number of hydrogen-bond acceptors (Lipinski definition) is 24. The van der Waals surface area contributed by atoms with Crippen molar-refractivity contribution in [1.29, 1.82) is 0 Å². The molecule has 2 heterocycles. The minimum atomic E-state index is -1.49. The van der Waals surface area contributed by atoms with Crippen LogP contribution < -0.4 is 0 Å². The van der Waals surface area contributed by atoms with Gasteiger partial charge in [-0.15, -0.1) is 0 Å². The highest BCUT2D eigenvalue weighted by Crippen LogP contribution is 2.55. The van der Waals surface area contributed by atoms with Gasteiger partial charge in [0.2, 0.25) is 5.78 Å². The van der Waals surface area contributed by atoms with E-state index in [1.54, 1.807) is 0 Å². The molecule has 2 saturated heterocycles. The van der Waals surface area contributed by atoms with Crippen LogP contribution in [0.3, 0.4) is 0 Å². The number of esters is 8. The molecule has 1 aromatic carbocycles. The van der Waals surface area contributed by atoms with Crippen molar-refractivity contribution in [3.63, 3.8) is 0 Å². The second kappa shape index (κ2) is 23.0. The van der Waals surface area contributed by atoms with Crippen LogP contribution in [0.25, 0.3) is 0 Å². The standard InChI is InChI=1S/C41H50O22S2/c1-16(42)54-12-25-34(58-20(5)46)36(60-22(7)48)28(14-56-18(3)44)62-40(25)64-38-31(50)24-10-11-27(53-9)32(51)30(24)33(52)39(38)65-41-26(13-55-17(2)43)35(59-21(6)47)37(61-23(8)49)29(63-41)15-57-19(4)45/h11,25-26,28-29,34-37,40-41,50,52H,10,12-15H2,1-9H3/t25-,26+,28-,29+,34-,35+,36-,37+,40+,41?/m0/s1. The van der Waals surface area contributed by atoms with Gasteiger partial charge in [0.25, 0.3) is 0 Å². The molecule has 2 N–H and O–H groups in total. The second-order valence-electron chi connectivity index (χ2n) is 14.7. The lowest BCUT2D eigenvalue weighted by atomic mass is 9.92. The molecule has 4 rings (SSSR count). The van der Waals surface area contributed by atoms with Gasteiger partial charge in [0.1, 0.15) is 61.0 Å².